The van der Waals surface area contributed by atoms with Gasteiger partial charge >= 0.3 is 0 Å². The number of quaternary nitrogens is 2. The van der Waals surface area contributed by atoms with E-state index in [1.165, 1.54) is 21.6 Å². The van der Waals surface area contributed by atoms with Crippen LogP contribution in [0.3, 0.4) is 0 Å². The van der Waals surface area contributed by atoms with Crippen LogP contribution in [0.2, 0.25) is 0 Å². The number of hydrogen-bond donors (Lipinski definition) is 3. The van der Waals surface area contributed by atoms with Crippen LogP contribution >= 0.6 is 0 Å². The Morgan fingerprint density at radius 2 is 1.87 bits per heavy atom. The van der Waals surface area contributed by atoms with Gasteiger partial charge in [-0.05, 0) is 54.7 Å². The van der Waals surface area contributed by atoms with Crippen molar-refractivity contribution in [3.63, 3.8) is 0 Å². The van der Waals surface area contributed by atoms with Crippen LogP contribution in [0, 0.1) is 0 Å². The quantitative estimate of drug-likeness (QED) is 0.631. The second-order valence-corrected chi connectivity index (χ2v) is 9.23. The summed E-state index contributed by atoms with van der Waals surface area (Å²) in [7, 11) is 0. The van der Waals surface area contributed by atoms with Gasteiger partial charge in [0.05, 0.1) is 6.61 Å². The van der Waals surface area contributed by atoms with E-state index in [1.54, 1.807) is 4.90 Å². The minimum Gasteiger partial charge on any atom is -0.493 e. The fourth-order valence-electron chi connectivity index (χ4n) is 4.86. The Balaban J connectivity index is 1.30. The van der Waals surface area contributed by atoms with Gasteiger partial charge in [0.2, 0.25) is 0 Å². The first kappa shape index (κ1) is 21.8. The topological polar surface area (TPSA) is 47.2 Å². The highest BCUT2D eigenvalue weighted by molar-refractivity contribution is 5.94. The van der Waals surface area contributed by atoms with Crippen molar-refractivity contribution in [1.82, 2.24) is 0 Å². The highest BCUT2D eigenvalue weighted by Crippen LogP contribution is 2.27. The first-order chi connectivity index (χ1) is 15.0. The first-order valence-corrected chi connectivity index (χ1v) is 11.9. The molecule has 2 aromatic carbocycles. The molecule has 0 radical (unpaired) electrons. The summed E-state index contributed by atoms with van der Waals surface area (Å²) in [5, 5.41) is 3.22. The van der Waals surface area contributed by atoms with Gasteiger partial charge in [-0.2, -0.15) is 0 Å². The molecule has 166 valence electrons. The number of fused-ring (bicyclic) bond motifs is 1. The molecular weight excluding hydrogens is 386 g/mol. The lowest BCUT2D eigenvalue weighted by Crippen LogP contribution is -3.29. The Bertz CT molecular complexity index is 905. The lowest BCUT2D eigenvalue weighted by molar-refractivity contribution is -1.02. The van der Waals surface area contributed by atoms with E-state index in [4.69, 9.17) is 4.74 Å². The van der Waals surface area contributed by atoms with Crippen molar-refractivity contribution >= 4 is 11.6 Å². The number of anilines is 1. The number of amides is 1. The molecule has 1 fully saturated rings. The molecule has 2 aliphatic rings. The van der Waals surface area contributed by atoms with Crippen LogP contribution in [0.5, 0.6) is 5.75 Å². The van der Waals surface area contributed by atoms with E-state index in [0.717, 1.165) is 63.6 Å². The second kappa shape index (κ2) is 9.84. The molecule has 31 heavy (non-hydrogen) atoms. The fourth-order valence-corrected chi connectivity index (χ4v) is 4.86. The first-order valence-electron chi connectivity index (χ1n) is 11.9. The number of ether oxygens (including phenoxy) is 1. The van der Waals surface area contributed by atoms with Gasteiger partial charge < -0.3 is 19.9 Å². The summed E-state index contributed by atoms with van der Waals surface area (Å²) in [6.07, 6.45) is 2.10. The van der Waals surface area contributed by atoms with E-state index in [9.17, 15) is 4.79 Å². The van der Waals surface area contributed by atoms with Crippen LogP contribution in [-0.2, 0) is 17.8 Å². The average molecular weight is 424 g/mol. The number of hydrogen-bond acceptors (Lipinski definition) is 2. The molecule has 2 heterocycles. The summed E-state index contributed by atoms with van der Waals surface area (Å²) < 4.78 is 5.63. The number of benzene rings is 2. The van der Waals surface area contributed by atoms with E-state index < -0.39 is 0 Å². The summed E-state index contributed by atoms with van der Waals surface area (Å²) in [6.45, 7) is 12.6. The van der Waals surface area contributed by atoms with Crippen molar-refractivity contribution in [2.45, 2.75) is 52.1 Å². The number of carbonyl (C=O) groups excluding carboxylic acids is 1. The zero-order valence-corrected chi connectivity index (χ0v) is 19.2. The molecule has 0 spiro atoms. The molecule has 0 aromatic heterocycles. The third-order valence-corrected chi connectivity index (χ3v) is 7.17. The van der Waals surface area contributed by atoms with Crippen molar-refractivity contribution in [2.24, 2.45) is 0 Å². The van der Waals surface area contributed by atoms with E-state index in [-0.39, 0.29) is 11.9 Å². The maximum atomic E-state index is 13.0. The highest BCUT2D eigenvalue weighted by Gasteiger charge is 2.31. The van der Waals surface area contributed by atoms with Gasteiger partial charge in [0, 0.05) is 17.7 Å². The predicted octanol–water partition coefficient (Wildman–Crippen LogP) is 1.45. The molecule has 0 unspecified atom stereocenters. The largest absolute Gasteiger partial charge is 0.493 e. The van der Waals surface area contributed by atoms with Crippen LogP contribution < -0.4 is 19.9 Å². The van der Waals surface area contributed by atoms with Gasteiger partial charge in [0.15, 0.2) is 6.04 Å². The summed E-state index contributed by atoms with van der Waals surface area (Å²) in [5.74, 6) is 1.63. The second-order valence-electron chi connectivity index (χ2n) is 9.23. The molecule has 2 atom stereocenters. The molecule has 5 nitrogen and oxygen atoms in total. The summed E-state index contributed by atoms with van der Waals surface area (Å²) in [4.78, 5) is 16.0. The molecule has 2 aliphatic heterocycles. The third-order valence-electron chi connectivity index (χ3n) is 7.17. The standard InChI is InChI=1S/C26H35N3O2/c1-4-19(2)23-7-5-6-8-24(23)27-26(30)20(3)29-14-12-28(13-15-29)18-21-9-10-25-22(17-21)11-16-31-25/h5-10,17,19-20H,4,11-16,18H2,1-3H3,(H,27,30)/p+2/t19-,20+/m0/s1. The zero-order valence-electron chi connectivity index (χ0n) is 19.2. The predicted molar refractivity (Wildman–Crippen MR) is 124 cm³/mol. The number of nitrogens with one attached hydrogen (secondary N) is 3. The van der Waals surface area contributed by atoms with Crippen molar-refractivity contribution < 1.29 is 19.3 Å². The Kier molecular flexibility index (Phi) is 6.93. The number of rotatable bonds is 7. The van der Waals surface area contributed by atoms with Crippen LogP contribution in [0.25, 0.3) is 0 Å². The summed E-state index contributed by atoms with van der Waals surface area (Å²) >= 11 is 0. The van der Waals surface area contributed by atoms with E-state index in [1.807, 2.05) is 12.1 Å². The van der Waals surface area contributed by atoms with Crippen molar-refractivity contribution in [3.8, 4) is 5.75 Å². The van der Waals surface area contributed by atoms with Crippen LogP contribution in [0.4, 0.5) is 5.69 Å². The van der Waals surface area contributed by atoms with Gasteiger partial charge in [-0.1, -0.05) is 32.0 Å². The third kappa shape index (κ3) is 5.10. The molecule has 0 aliphatic carbocycles. The highest BCUT2D eigenvalue weighted by atomic mass is 16.5. The van der Waals surface area contributed by atoms with E-state index >= 15 is 0 Å². The molecule has 1 amide bonds. The Hall–Kier alpha value is -2.37. The average Bonchev–Trinajstić information content (AvgIpc) is 3.27. The lowest BCUT2D eigenvalue weighted by atomic mass is 9.97. The molecule has 1 saturated heterocycles. The minimum absolute atomic E-state index is 0.0383. The van der Waals surface area contributed by atoms with E-state index in [0.29, 0.717) is 5.92 Å². The van der Waals surface area contributed by atoms with Gasteiger partial charge in [0.25, 0.3) is 5.91 Å². The molecule has 5 heteroatoms. The van der Waals surface area contributed by atoms with Gasteiger partial charge in [-0.15, -0.1) is 0 Å². The Morgan fingerprint density at radius 1 is 1.10 bits per heavy atom. The number of piperazine rings is 1. The smallest absolute Gasteiger partial charge is 0.282 e. The summed E-state index contributed by atoms with van der Waals surface area (Å²) in [5.41, 5.74) is 4.95. The van der Waals surface area contributed by atoms with Crippen LogP contribution in [0.1, 0.15) is 49.8 Å². The van der Waals surface area contributed by atoms with Gasteiger partial charge in [-0.3, -0.25) is 4.79 Å². The maximum Gasteiger partial charge on any atom is 0.282 e. The Labute approximate surface area is 186 Å². The minimum atomic E-state index is -0.0383. The SMILES string of the molecule is CC[C@H](C)c1ccccc1NC(=O)[C@@H](C)[NH+]1CC[NH+](Cc2ccc3c(c2)CCO3)CC1. The van der Waals surface area contributed by atoms with Crippen molar-refractivity contribution in [3.05, 3.63) is 59.2 Å². The fraction of sp³-hybridized carbons (Fsp3) is 0.500. The molecule has 4 rings (SSSR count). The zero-order chi connectivity index (χ0) is 21.8. The molecule has 0 saturated carbocycles. The number of carbonyl (C=O) groups is 1. The van der Waals surface area contributed by atoms with Crippen molar-refractivity contribution in [2.75, 3.05) is 38.1 Å². The van der Waals surface area contributed by atoms with Crippen molar-refractivity contribution in [1.29, 1.82) is 0 Å². The van der Waals surface area contributed by atoms with Crippen LogP contribution in [0.15, 0.2) is 42.5 Å². The monoisotopic (exact) mass is 423 g/mol. The molecule has 3 N–H and O–H groups in total. The van der Waals surface area contributed by atoms with Gasteiger partial charge in [-0.25, -0.2) is 0 Å². The molecule has 2 aromatic rings. The van der Waals surface area contributed by atoms with Gasteiger partial charge in [0.1, 0.15) is 38.5 Å². The normalized spacial score (nSPS) is 22.3. The Morgan fingerprint density at radius 3 is 2.65 bits per heavy atom. The summed E-state index contributed by atoms with van der Waals surface area (Å²) in [6, 6.07) is 14.8. The molecular formula is C26H37N3O2+2. The van der Waals surface area contributed by atoms with Crippen LogP contribution in [-0.4, -0.2) is 44.7 Å². The molecule has 0 bridgehead atoms. The number of para-hydroxylation sites is 1. The lowest BCUT2D eigenvalue weighted by Gasteiger charge is -2.32. The maximum absolute atomic E-state index is 13.0. The van der Waals surface area contributed by atoms with E-state index in [2.05, 4.69) is 56.4 Å².